The van der Waals surface area contributed by atoms with Gasteiger partial charge in [-0.25, -0.2) is 0 Å². The van der Waals surface area contributed by atoms with E-state index in [2.05, 4.69) is 6.92 Å². The summed E-state index contributed by atoms with van der Waals surface area (Å²) in [5.41, 5.74) is 0. The maximum absolute atomic E-state index is 9.99. The van der Waals surface area contributed by atoms with E-state index >= 15 is 0 Å². The molecule has 5 atom stereocenters. The van der Waals surface area contributed by atoms with Crippen LogP contribution >= 0.6 is 0 Å². The standard InChI is InChI=1S/C15H31NO5/c1-2-3-4-5-6-7-8-9-16-11(10-17)12(18)13(19)14(20)15(16)21/h11-15,17-21H,2-10H2,1H3/t11-,12-,13+,14-,15?/m1/s1. The summed E-state index contributed by atoms with van der Waals surface area (Å²) < 4.78 is 0. The van der Waals surface area contributed by atoms with Crippen molar-refractivity contribution in [2.75, 3.05) is 13.2 Å². The van der Waals surface area contributed by atoms with Gasteiger partial charge in [0.2, 0.25) is 0 Å². The molecule has 1 saturated heterocycles. The predicted octanol–water partition coefficient (Wildman–Crippen LogP) is -0.185. The van der Waals surface area contributed by atoms with Crippen LogP contribution in [0.1, 0.15) is 51.9 Å². The fraction of sp³-hybridized carbons (Fsp3) is 1.00. The Morgan fingerprint density at radius 1 is 0.762 bits per heavy atom. The summed E-state index contributed by atoms with van der Waals surface area (Å²) in [4.78, 5) is 1.49. The summed E-state index contributed by atoms with van der Waals surface area (Å²) in [5.74, 6) is 0. The van der Waals surface area contributed by atoms with Crippen LogP contribution in [0.25, 0.3) is 0 Å². The van der Waals surface area contributed by atoms with Crippen LogP contribution in [0.3, 0.4) is 0 Å². The first-order valence-corrected chi connectivity index (χ1v) is 8.13. The van der Waals surface area contributed by atoms with Gasteiger partial charge in [-0.3, -0.25) is 4.90 Å². The second-order valence-corrected chi connectivity index (χ2v) is 5.99. The molecule has 1 fully saturated rings. The molecule has 0 bridgehead atoms. The lowest BCUT2D eigenvalue weighted by molar-refractivity contribution is -0.222. The summed E-state index contributed by atoms with van der Waals surface area (Å²) in [6, 6.07) is -0.738. The zero-order chi connectivity index (χ0) is 15.8. The Labute approximate surface area is 127 Å². The number of nitrogens with zero attached hydrogens (tertiary/aromatic N) is 1. The third-order valence-corrected chi connectivity index (χ3v) is 4.37. The molecule has 5 N–H and O–H groups in total. The second-order valence-electron chi connectivity index (χ2n) is 5.99. The van der Waals surface area contributed by atoms with Crippen LogP contribution < -0.4 is 0 Å². The number of aliphatic hydroxyl groups excluding tert-OH is 5. The number of rotatable bonds is 9. The van der Waals surface area contributed by atoms with Crippen molar-refractivity contribution in [2.45, 2.75) is 82.5 Å². The fourth-order valence-electron chi connectivity index (χ4n) is 2.96. The van der Waals surface area contributed by atoms with E-state index in [9.17, 15) is 25.5 Å². The van der Waals surface area contributed by atoms with E-state index in [4.69, 9.17) is 0 Å². The topological polar surface area (TPSA) is 104 Å². The zero-order valence-corrected chi connectivity index (χ0v) is 12.9. The van der Waals surface area contributed by atoms with Crippen LogP contribution in [0.2, 0.25) is 0 Å². The third kappa shape index (κ3) is 5.16. The minimum Gasteiger partial charge on any atom is -0.395 e. The Hall–Kier alpha value is -0.240. The number of piperidine rings is 1. The first-order chi connectivity index (χ1) is 10.0. The van der Waals surface area contributed by atoms with Gasteiger partial charge >= 0.3 is 0 Å². The van der Waals surface area contributed by atoms with Crippen molar-refractivity contribution >= 4 is 0 Å². The summed E-state index contributed by atoms with van der Waals surface area (Å²) in [6.45, 7) is 2.30. The highest BCUT2D eigenvalue weighted by molar-refractivity contribution is 4.96. The van der Waals surface area contributed by atoms with Crippen LogP contribution in [0.5, 0.6) is 0 Å². The first-order valence-electron chi connectivity index (χ1n) is 8.13. The Kier molecular flexibility index (Phi) is 8.70. The Balaban J connectivity index is 2.36. The van der Waals surface area contributed by atoms with Crippen LogP contribution in [-0.2, 0) is 0 Å². The average Bonchev–Trinajstić information content (AvgIpc) is 2.49. The van der Waals surface area contributed by atoms with E-state index in [1.165, 1.54) is 30.6 Å². The first kappa shape index (κ1) is 18.8. The Morgan fingerprint density at radius 2 is 1.33 bits per heavy atom. The summed E-state index contributed by atoms with van der Waals surface area (Å²) >= 11 is 0. The van der Waals surface area contributed by atoms with Crippen molar-refractivity contribution in [2.24, 2.45) is 0 Å². The van der Waals surface area contributed by atoms with Gasteiger partial charge in [0, 0.05) is 6.54 Å². The molecular weight excluding hydrogens is 274 g/mol. The van der Waals surface area contributed by atoms with E-state index in [0.717, 1.165) is 19.3 Å². The van der Waals surface area contributed by atoms with Crippen LogP contribution in [-0.4, -0.2) is 74.2 Å². The van der Waals surface area contributed by atoms with Crippen molar-refractivity contribution in [1.29, 1.82) is 0 Å². The SMILES string of the molecule is CCCCCCCCCN1C(O)[C@H](O)[C@@H](O)[C@H](O)[C@H]1CO. The molecule has 1 aliphatic heterocycles. The predicted molar refractivity (Wildman–Crippen MR) is 79.6 cm³/mol. The van der Waals surface area contributed by atoms with Gasteiger partial charge in [0.1, 0.15) is 24.5 Å². The van der Waals surface area contributed by atoms with Gasteiger partial charge in [-0.05, 0) is 6.42 Å². The van der Waals surface area contributed by atoms with Crippen molar-refractivity contribution in [3.05, 3.63) is 0 Å². The minimum atomic E-state index is -1.43. The van der Waals surface area contributed by atoms with E-state index in [1.54, 1.807) is 0 Å². The highest BCUT2D eigenvalue weighted by Crippen LogP contribution is 2.24. The molecule has 1 heterocycles. The van der Waals surface area contributed by atoms with Gasteiger partial charge in [-0.2, -0.15) is 0 Å². The molecule has 1 aliphatic rings. The van der Waals surface area contributed by atoms with E-state index in [1.807, 2.05) is 0 Å². The molecule has 0 aromatic heterocycles. The van der Waals surface area contributed by atoms with Gasteiger partial charge in [0.25, 0.3) is 0 Å². The molecule has 1 unspecified atom stereocenters. The molecule has 6 nitrogen and oxygen atoms in total. The molecule has 0 aromatic rings. The molecule has 0 spiro atoms. The van der Waals surface area contributed by atoms with Gasteiger partial charge in [0.15, 0.2) is 0 Å². The molecule has 21 heavy (non-hydrogen) atoms. The third-order valence-electron chi connectivity index (χ3n) is 4.37. The van der Waals surface area contributed by atoms with Gasteiger partial charge in [0.05, 0.1) is 12.6 Å². The normalized spacial score (nSPS) is 34.3. The molecular formula is C15H31NO5. The summed E-state index contributed by atoms with van der Waals surface area (Å²) in [5, 5.41) is 48.6. The minimum absolute atomic E-state index is 0.363. The quantitative estimate of drug-likeness (QED) is 0.378. The number of aliphatic hydroxyl groups is 5. The number of likely N-dealkylation sites (tertiary alicyclic amines) is 1. The smallest absolute Gasteiger partial charge is 0.136 e. The number of hydrogen-bond acceptors (Lipinski definition) is 6. The average molecular weight is 305 g/mol. The van der Waals surface area contributed by atoms with Crippen molar-refractivity contribution < 1.29 is 25.5 Å². The number of hydrogen-bond donors (Lipinski definition) is 5. The molecule has 0 radical (unpaired) electrons. The summed E-state index contributed by atoms with van der Waals surface area (Å²) in [7, 11) is 0. The van der Waals surface area contributed by atoms with Crippen molar-refractivity contribution in [3.8, 4) is 0 Å². The van der Waals surface area contributed by atoms with Gasteiger partial charge in [-0.1, -0.05) is 45.4 Å². The largest absolute Gasteiger partial charge is 0.395 e. The lowest BCUT2D eigenvalue weighted by Crippen LogP contribution is -2.67. The highest BCUT2D eigenvalue weighted by atomic mass is 16.4. The van der Waals surface area contributed by atoms with E-state index in [-0.39, 0.29) is 6.61 Å². The molecule has 6 heteroatoms. The molecule has 0 saturated carbocycles. The summed E-state index contributed by atoms with van der Waals surface area (Å²) in [6.07, 6.45) is 2.55. The maximum atomic E-state index is 9.99. The monoisotopic (exact) mass is 305 g/mol. The van der Waals surface area contributed by atoms with Crippen molar-refractivity contribution in [1.82, 2.24) is 4.90 Å². The highest BCUT2D eigenvalue weighted by Gasteiger charge is 2.46. The van der Waals surface area contributed by atoms with E-state index in [0.29, 0.717) is 6.54 Å². The van der Waals surface area contributed by atoms with Crippen molar-refractivity contribution in [3.63, 3.8) is 0 Å². The lowest BCUT2D eigenvalue weighted by atomic mass is 9.92. The Morgan fingerprint density at radius 3 is 1.90 bits per heavy atom. The van der Waals surface area contributed by atoms with Crippen LogP contribution in [0, 0.1) is 0 Å². The molecule has 0 aliphatic carbocycles. The maximum Gasteiger partial charge on any atom is 0.136 e. The zero-order valence-electron chi connectivity index (χ0n) is 12.9. The number of unbranched alkanes of at least 4 members (excludes halogenated alkanes) is 6. The molecule has 1 rings (SSSR count). The van der Waals surface area contributed by atoms with E-state index < -0.39 is 30.6 Å². The fourth-order valence-corrected chi connectivity index (χ4v) is 2.96. The van der Waals surface area contributed by atoms with Crippen LogP contribution in [0.15, 0.2) is 0 Å². The molecule has 0 aromatic carbocycles. The lowest BCUT2D eigenvalue weighted by Gasteiger charge is -2.46. The van der Waals surface area contributed by atoms with Gasteiger partial charge in [-0.15, -0.1) is 0 Å². The van der Waals surface area contributed by atoms with Gasteiger partial charge < -0.3 is 25.5 Å². The van der Waals surface area contributed by atoms with Crippen LogP contribution in [0.4, 0.5) is 0 Å². The molecule has 0 amide bonds. The second kappa shape index (κ2) is 9.71. The molecule has 126 valence electrons. The Bertz CT molecular complexity index is 279.